The topological polar surface area (TPSA) is 39.9 Å². The van der Waals surface area contributed by atoms with Crippen molar-refractivity contribution in [2.75, 3.05) is 13.2 Å². The smallest absolute Gasteiger partial charge is 0.160 e. The molecule has 0 bridgehead atoms. The predicted octanol–water partition coefficient (Wildman–Crippen LogP) is 2.52. The Morgan fingerprint density at radius 2 is 2.35 bits per heavy atom. The number of imidazole rings is 1. The summed E-state index contributed by atoms with van der Waals surface area (Å²) >= 11 is 0. The molecule has 0 saturated carbocycles. The van der Waals surface area contributed by atoms with E-state index < -0.39 is 0 Å². The molecule has 0 aliphatic carbocycles. The van der Waals surface area contributed by atoms with Gasteiger partial charge in [-0.3, -0.25) is 0 Å². The zero-order valence-corrected chi connectivity index (χ0v) is 10.3. The molecule has 1 unspecified atom stereocenters. The molecule has 4 nitrogen and oxygen atoms in total. The Kier molecular flexibility index (Phi) is 2.59. The number of ether oxygens (including phenoxy) is 1. The molecule has 0 radical (unpaired) electrons. The molecule has 2 aromatic heterocycles. The second-order valence-corrected chi connectivity index (χ2v) is 4.86. The van der Waals surface area contributed by atoms with Crippen molar-refractivity contribution in [1.82, 2.24) is 14.5 Å². The monoisotopic (exact) mass is 231 g/mol. The van der Waals surface area contributed by atoms with Crippen molar-refractivity contribution < 1.29 is 4.74 Å². The summed E-state index contributed by atoms with van der Waals surface area (Å²) in [5, 5.41) is 0. The van der Waals surface area contributed by atoms with Crippen LogP contribution in [0.1, 0.15) is 38.1 Å². The first kappa shape index (κ1) is 10.7. The number of nitrogens with zero attached hydrogens (tertiary/aromatic N) is 3. The van der Waals surface area contributed by atoms with E-state index in [9.17, 15) is 0 Å². The van der Waals surface area contributed by atoms with Crippen LogP contribution in [0.5, 0.6) is 0 Å². The fraction of sp³-hybridized carbons (Fsp3) is 0.538. The molecule has 3 heterocycles. The highest BCUT2D eigenvalue weighted by Gasteiger charge is 2.24. The van der Waals surface area contributed by atoms with Gasteiger partial charge in [-0.15, -0.1) is 0 Å². The number of fused-ring (bicyclic) bond motifs is 1. The van der Waals surface area contributed by atoms with E-state index in [1.54, 1.807) is 0 Å². The van der Waals surface area contributed by atoms with Gasteiger partial charge in [0.05, 0.1) is 12.6 Å². The van der Waals surface area contributed by atoms with Crippen LogP contribution in [-0.2, 0) is 4.74 Å². The minimum Gasteiger partial charge on any atom is -0.379 e. The van der Waals surface area contributed by atoms with E-state index >= 15 is 0 Å². The maximum atomic E-state index is 5.49. The minimum atomic E-state index is 0.396. The zero-order chi connectivity index (χ0) is 11.8. The van der Waals surface area contributed by atoms with Gasteiger partial charge in [0.15, 0.2) is 5.65 Å². The second-order valence-electron chi connectivity index (χ2n) is 4.86. The molecular weight excluding hydrogens is 214 g/mol. The lowest BCUT2D eigenvalue weighted by molar-refractivity contribution is 0.186. The van der Waals surface area contributed by atoms with E-state index in [4.69, 9.17) is 9.72 Å². The van der Waals surface area contributed by atoms with Gasteiger partial charge in [0.25, 0.3) is 0 Å². The van der Waals surface area contributed by atoms with E-state index in [1.807, 2.05) is 18.3 Å². The molecule has 0 amide bonds. The molecule has 1 aliphatic rings. The Balaban J connectivity index is 2.20. The van der Waals surface area contributed by atoms with Gasteiger partial charge in [-0.2, -0.15) is 0 Å². The molecule has 4 heteroatoms. The van der Waals surface area contributed by atoms with Crippen molar-refractivity contribution in [1.29, 1.82) is 0 Å². The van der Waals surface area contributed by atoms with Gasteiger partial charge < -0.3 is 9.30 Å². The first-order valence-corrected chi connectivity index (χ1v) is 6.18. The highest BCUT2D eigenvalue weighted by atomic mass is 16.5. The summed E-state index contributed by atoms with van der Waals surface area (Å²) in [7, 11) is 0. The average molecular weight is 231 g/mol. The van der Waals surface area contributed by atoms with Gasteiger partial charge in [-0.1, -0.05) is 13.8 Å². The zero-order valence-electron chi connectivity index (χ0n) is 10.3. The van der Waals surface area contributed by atoms with Crippen molar-refractivity contribution in [2.45, 2.75) is 32.2 Å². The van der Waals surface area contributed by atoms with Crippen LogP contribution in [0.4, 0.5) is 0 Å². The van der Waals surface area contributed by atoms with Gasteiger partial charge in [0.2, 0.25) is 0 Å². The summed E-state index contributed by atoms with van der Waals surface area (Å²) in [5.74, 6) is 1.53. The number of hydrogen-bond donors (Lipinski definition) is 0. The van der Waals surface area contributed by atoms with Crippen LogP contribution in [0.3, 0.4) is 0 Å². The third kappa shape index (κ3) is 1.72. The Morgan fingerprint density at radius 1 is 1.47 bits per heavy atom. The molecule has 0 aromatic carbocycles. The fourth-order valence-electron chi connectivity index (χ4n) is 2.44. The van der Waals surface area contributed by atoms with Crippen LogP contribution < -0.4 is 0 Å². The normalized spacial score (nSPS) is 20.5. The van der Waals surface area contributed by atoms with Crippen LogP contribution in [0.15, 0.2) is 18.3 Å². The third-order valence-electron chi connectivity index (χ3n) is 3.26. The van der Waals surface area contributed by atoms with Crippen LogP contribution in [0, 0.1) is 0 Å². The van der Waals surface area contributed by atoms with Crippen molar-refractivity contribution >= 4 is 11.2 Å². The van der Waals surface area contributed by atoms with Gasteiger partial charge >= 0.3 is 0 Å². The number of aromatic nitrogens is 3. The fourth-order valence-corrected chi connectivity index (χ4v) is 2.44. The third-order valence-corrected chi connectivity index (χ3v) is 3.26. The molecule has 0 N–H and O–H groups in total. The maximum absolute atomic E-state index is 5.49. The largest absolute Gasteiger partial charge is 0.379 e. The summed E-state index contributed by atoms with van der Waals surface area (Å²) in [4.78, 5) is 9.18. The lowest BCUT2D eigenvalue weighted by atomic mass is 10.2. The molecule has 1 saturated heterocycles. The van der Waals surface area contributed by atoms with E-state index in [2.05, 4.69) is 23.4 Å². The van der Waals surface area contributed by atoms with Gasteiger partial charge in [-0.05, 0) is 18.6 Å². The van der Waals surface area contributed by atoms with Crippen molar-refractivity contribution in [3.05, 3.63) is 24.2 Å². The van der Waals surface area contributed by atoms with E-state index in [0.29, 0.717) is 12.0 Å². The molecular formula is C13H17N3O. The van der Waals surface area contributed by atoms with Gasteiger partial charge in [0, 0.05) is 18.7 Å². The van der Waals surface area contributed by atoms with Crippen LogP contribution in [0.25, 0.3) is 11.2 Å². The molecule has 90 valence electrons. The van der Waals surface area contributed by atoms with Crippen molar-refractivity contribution in [3.63, 3.8) is 0 Å². The molecule has 1 atom stereocenters. The summed E-state index contributed by atoms with van der Waals surface area (Å²) in [6.07, 6.45) is 2.89. The highest BCUT2D eigenvalue weighted by molar-refractivity contribution is 5.71. The van der Waals surface area contributed by atoms with Crippen LogP contribution in [0.2, 0.25) is 0 Å². The second kappa shape index (κ2) is 4.11. The summed E-state index contributed by atoms with van der Waals surface area (Å²) in [5.41, 5.74) is 1.98. The molecule has 1 fully saturated rings. The first-order valence-electron chi connectivity index (χ1n) is 6.18. The van der Waals surface area contributed by atoms with Gasteiger partial charge in [0.1, 0.15) is 11.3 Å². The average Bonchev–Trinajstić information content (AvgIpc) is 2.94. The van der Waals surface area contributed by atoms with Gasteiger partial charge in [-0.25, -0.2) is 9.97 Å². The standard InChI is InChI=1S/C13H17N3O/c1-9(2)12-15-11-4-3-6-14-13(11)16(12)10-5-7-17-8-10/h3-4,6,9-10H,5,7-8H2,1-2H3. The Bertz CT molecular complexity index is 526. The Labute approximate surface area is 101 Å². The molecule has 1 aliphatic heterocycles. The SMILES string of the molecule is CC(C)c1nc2cccnc2n1C1CCOC1. The first-order chi connectivity index (χ1) is 8.27. The number of hydrogen-bond acceptors (Lipinski definition) is 3. The van der Waals surface area contributed by atoms with Crippen LogP contribution >= 0.6 is 0 Å². The maximum Gasteiger partial charge on any atom is 0.160 e. The molecule has 0 spiro atoms. The predicted molar refractivity (Wildman–Crippen MR) is 66.1 cm³/mol. The van der Waals surface area contributed by atoms with Crippen LogP contribution in [-0.4, -0.2) is 27.7 Å². The Morgan fingerprint density at radius 3 is 3.06 bits per heavy atom. The Hall–Kier alpha value is -1.42. The van der Waals surface area contributed by atoms with Crippen molar-refractivity contribution in [2.24, 2.45) is 0 Å². The van der Waals surface area contributed by atoms with E-state index in [0.717, 1.165) is 36.6 Å². The highest BCUT2D eigenvalue weighted by Crippen LogP contribution is 2.28. The number of rotatable bonds is 2. The number of pyridine rings is 1. The minimum absolute atomic E-state index is 0.396. The lowest BCUT2D eigenvalue weighted by Gasteiger charge is -2.16. The van der Waals surface area contributed by atoms with Crippen molar-refractivity contribution in [3.8, 4) is 0 Å². The lowest BCUT2D eigenvalue weighted by Crippen LogP contribution is -2.13. The summed E-state index contributed by atoms with van der Waals surface area (Å²) in [6, 6.07) is 4.36. The summed E-state index contributed by atoms with van der Waals surface area (Å²) < 4.78 is 7.76. The quantitative estimate of drug-likeness (QED) is 0.797. The molecule has 3 rings (SSSR count). The molecule has 17 heavy (non-hydrogen) atoms. The molecule has 2 aromatic rings. The summed E-state index contributed by atoms with van der Waals surface area (Å²) in [6.45, 7) is 5.97. The van der Waals surface area contributed by atoms with E-state index in [-0.39, 0.29) is 0 Å². The van der Waals surface area contributed by atoms with E-state index in [1.165, 1.54) is 0 Å².